The standard InChI is InChI=1S/C15H12F3N3O3/c16-15(17,18)12-7-10(20-14(23)21-12)4-1-9-2-5-11(6-3-9)24-8-13(19)22/h1-7H,8H2,(H2,19,22)(H,20,21,23). The quantitative estimate of drug-likeness (QED) is 0.868. The summed E-state index contributed by atoms with van der Waals surface area (Å²) in [6.45, 7) is -0.258. The number of carbonyl (C=O) groups excluding carboxylic acids is 1. The number of aromatic amines is 1. The third-order valence-electron chi connectivity index (χ3n) is 2.78. The van der Waals surface area contributed by atoms with E-state index in [0.717, 1.165) is 6.07 Å². The van der Waals surface area contributed by atoms with Crippen molar-refractivity contribution in [1.29, 1.82) is 0 Å². The van der Waals surface area contributed by atoms with Gasteiger partial charge in [0.2, 0.25) is 0 Å². The molecule has 0 spiro atoms. The van der Waals surface area contributed by atoms with Crippen LogP contribution in [0.2, 0.25) is 0 Å². The summed E-state index contributed by atoms with van der Waals surface area (Å²) in [6.07, 6.45) is -1.90. The zero-order chi connectivity index (χ0) is 17.7. The monoisotopic (exact) mass is 339 g/mol. The third-order valence-corrected chi connectivity index (χ3v) is 2.78. The highest BCUT2D eigenvalue weighted by Crippen LogP contribution is 2.27. The Labute approximate surface area is 133 Å². The molecule has 126 valence electrons. The predicted octanol–water partition coefficient (Wildman–Crippen LogP) is 1.82. The lowest BCUT2D eigenvalue weighted by Crippen LogP contribution is -2.19. The van der Waals surface area contributed by atoms with Crippen LogP contribution in [0.15, 0.2) is 35.1 Å². The van der Waals surface area contributed by atoms with Crippen LogP contribution in [0.5, 0.6) is 5.75 Å². The van der Waals surface area contributed by atoms with Gasteiger partial charge < -0.3 is 15.5 Å². The molecule has 0 bridgehead atoms. The second kappa shape index (κ2) is 6.99. The lowest BCUT2D eigenvalue weighted by atomic mass is 10.2. The molecule has 0 aliphatic rings. The van der Waals surface area contributed by atoms with Gasteiger partial charge in [-0.05, 0) is 29.8 Å². The van der Waals surface area contributed by atoms with Gasteiger partial charge in [-0.25, -0.2) is 4.79 Å². The summed E-state index contributed by atoms with van der Waals surface area (Å²) < 4.78 is 42.9. The van der Waals surface area contributed by atoms with E-state index in [-0.39, 0.29) is 12.3 Å². The highest BCUT2D eigenvalue weighted by atomic mass is 19.4. The molecule has 6 nitrogen and oxygen atoms in total. The molecule has 0 atom stereocenters. The van der Waals surface area contributed by atoms with Crippen molar-refractivity contribution >= 4 is 18.1 Å². The van der Waals surface area contributed by atoms with Gasteiger partial charge in [0.05, 0.1) is 5.69 Å². The number of H-pyrrole nitrogens is 1. The molecule has 1 aromatic carbocycles. The molecular weight excluding hydrogens is 327 g/mol. The Hall–Kier alpha value is -3.10. The van der Waals surface area contributed by atoms with Crippen molar-refractivity contribution in [2.45, 2.75) is 6.18 Å². The third kappa shape index (κ3) is 4.97. The van der Waals surface area contributed by atoms with Gasteiger partial charge in [0.25, 0.3) is 5.91 Å². The number of nitrogens with one attached hydrogen (secondary N) is 1. The minimum atomic E-state index is -4.66. The Bertz CT molecular complexity index is 811. The van der Waals surface area contributed by atoms with Crippen LogP contribution < -0.4 is 16.2 Å². The second-order valence-corrected chi connectivity index (χ2v) is 4.68. The molecular formula is C15H12F3N3O3. The number of benzene rings is 1. The van der Waals surface area contributed by atoms with Crippen molar-refractivity contribution in [2.75, 3.05) is 6.61 Å². The fraction of sp³-hybridized carbons (Fsp3) is 0.133. The molecule has 9 heteroatoms. The van der Waals surface area contributed by atoms with Crippen molar-refractivity contribution in [1.82, 2.24) is 9.97 Å². The molecule has 24 heavy (non-hydrogen) atoms. The molecule has 0 fully saturated rings. The predicted molar refractivity (Wildman–Crippen MR) is 79.9 cm³/mol. The van der Waals surface area contributed by atoms with E-state index >= 15 is 0 Å². The minimum Gasteiger partial charge on any atom is -0.484 e. The maximum Gasteiger partial charge on any atom is 0.431 e. The van der Waals surface area contributed by atoms with Crippen LogP contribution in [-0.2, 0) is 11.0 Å². The van der Waals surface area contributed by atoms with Gasteiger partial charge in [-0.15, -0.1) is 0 Å². The van der Waals surface area contributed by atoms with Crippen molar-refractivity contribution in [3.05, 3.63) is 57.8 Å². The lowest BCUT2D eigenvalue weighted by Gasteiger charge is -2.06. The lowest BCUT2D eigenvalue weighted by molar-refractivity contribution is -0.141. The number of nitrogens with zero attached hydrogens (tertiary/aromatic N) is 1. The number of nitrogens with two attached hydrogens (primary N) is 1. The number of hydrogen-bond acceptors (Lipinski definition) is 4. The molecule has 0 unspecified atom stereocenters. The first-order valence-electron chi connectivity index (χ1n) is 6.62. The number of primary amides is 1. The summed E-state index contributed by atoms with van der Waals surface area (Å²) >= 11 is 0. The summed E-state index contributed by atoms with van der Waals surface area (Å²) in [5.41, 5.74) is 3.21. The fourth-order valence-corrected chi connectivity index (χ4v) is 1.73. The minimum absolute atomic E-state index is 0.125. The van der Waals surface area contributed by atoms with Gasteiger partial charge in [0.1, 0.15) is 11.4 Å². The van der Waals surface area contributed by atoms with Crippen LogP contribution in [0.1, 0.15) is 17.0 Å². The number of hydrogen-bond donors (Lipinski definition) is 2. The number of amides is 1. The van der Waals surface area contributed by atoms with Crippen LogP contribution in [-0.4, -0.2) is 22.5 Å². The molecule has 3 N–H and O–H groups in total. The Morgan fingerprint density at radius 2 is 1.92 bits per heavy atom. The molecule has 2 aromatic rings. The van der Waals surface area contributed by atoms with Gasteiger partial charge in [-0.2, -0.15) is 18.2 Å². The maximum absolute atomic E-state index is 12.6. The van der Waals surface area contributed by atoms with Crippen molar-refractivity contribution in [3.8, 4) is 5.75 Å². The summed E-state index contributed by atoms with van der Waals surface area (Å²) in [7, 11) is 0. The molecule has 0 aliphatic carbocycles. The zero-order valence-electron chi connectivity index (χ0n) is 12.1. The molecule has 0 radical (unpaired) electrons. The van der Waals surface area contributed by atoms with E-state index in [2.05, 4.69) is 4.98 Å². The number of aromatic nitrogens is 2. The number of halogens is 3. The van der Waals surface area contributed by atoms with Crippen molar-refractivity contribution in [2.24, 2.45) is 5.73 Å². The first-order chi connectivity index (χ1) is 11.2. The smallest absolute Gasteiger partial charge is 0.431 e. The van der Waals surface area contributed by atoms with Crippen molar-refractivity contribution < 1.29 is 22.7 Å². The number of rotatable bonds is 5. The molecule has 0 saturated carbocycles. The SMILES string of the molecule is NC(=O)COc1ccc(C=Cc2cc(C(F)(F)F)[nH]c(=O)n2)cc1. The average Bonchev–Trinajstić information content (AvgIpc) is 2.50. The first-order valence-corrected chi connectivity index (χ1v) is 6.62. The van der Waals surface area contributed by atoms with Crippen LogP contribution in [0, 0.1) is 0 Å². The second-order valence-electron chi connectivity index (χ2n) is 4.68. The molecule has 2 rings (SSSR count). The summed E-state index contributed by atoms with van der Waals surface area (Å²) in [5, 5.41) is 0. The van der Waals surface area contributed by atoms with Gasteiger partial charge in [0, 0.05) is 0 Å². The molecule has 1 amide bonds. The van der Waals surface area contributed by atoms with Crippen LogP contribution >= 0.6 is 0 Å². The highest BCUT2D eigenvalue weighted by Gasteiger charge is 2.32. The molecule has 1 heterocycles. The average molecular weight is 339 g/mol. The normalized spacial score (nSPS) is 11.6. The largest absolute Gasteiger partial charge is 0.484 e. The summed E-state index contributed by atoms with van der Waals surface area (Å²) in [4.78, 5) is 26.9. The van der Waals surface area contributed by atoms with E-state index in [1.54, 1.807) is 29.2 Å². The number of carbonyl (C=O) groups is 1. The van der Waals surface area contributed by atoms with E-state index in [1.807, 2.05) is 0 Å². The van der Waals surface area contributed by atoms with E-state index < -0.39 is 23.5 Å². The van der Waals surface area contributed by atoms with Crippen LogP contribution in [0.25, 0.3) is 12.2 Å². The van der Waals surface area contributed by atoms with Gasteiger partial charge in [-0.1, -0.05) is 18.2 Å². The van der Waals surface area contributed by atoms with Gasteiger partial charge >= 0.3 is 11.9 Å². The topological polar surface area (TPSA) is 98.1 Å². The molecule has 0 aliphatic heterocycles. The maximum atomic E-state index is 12.6. The summed E-state index contributed by atoms with van der Waals surface area (Å²) in [5.74, 6) is -0.195. The van der Waals surface area contributed by atoms with E-state index in [0.29, 0.717) is 11.3 Å². The van der Waals surface area contributed by atoms with E-state index in [4.69, 9.17) is 10.5 Å². The Balaban J connectivity index is 2.15. The van der Waals surface area contributed by atoms with Crippen LogP contribution in [0.4, 0.5) is 13.2 Å². The Morgan fingerprint density at radius 3 is 2.50 bits per heavy atom. The zero-order valence-corrected chi connectivity index (χ0v) is 12.1. The molecule has 1 aromatic heterocycles. The van der Waals surface area contributed by atoms with E-state index in [1.165, 1.54) is 12.2 Å². The number of alkyl halides is 3. The Morgan fingerprint density at radius 1 is 1.25 bits per heavy atom. The first kappa shape index (κ1) is 17.3. The highest BCUT2D eigenvalue weighted by molar-refractivity contribution is 5.75. The Kier molecular flexibility index (Phi) is 5.02. The van der Waals surface area contributed by atoms with Crippen molar-refractivity contribution in [3.63, 3.8) is 0 Å². The fourth-order valence-electron chi connectivity index (χ4n) is 1.73. The van der Waals surface area contributed by atoms with Gasteiger partial charge in [-0.3, -0.25) is 4.79 Å². The molecule has 0 saturated heterocycles. The van der Waals surface area contributed by atoms with E-state index in [9.17, 15) is 22.8 Å². The summed E-state index contributed by atoms with van der Waals surface area (Å²) in [6, 6.07) is 7.10. The number of ether oxygens (including phenoxy) is 1. The van der Waals surface area contributed by atoms with Gasteiger partial charge in [0.15, 0.2) is 6.61 Å². The van der Waals surface area contributed by atoms with Crippen LogP contribution in [0.3, 0.4) is 0 Å².